The number of carbonyl (C=O) groups is 1. The molecule has 1 rings (SSSR count). The summed E-state index contributed by atoms with van der Waals surface area (Å²) in [4.78, 5) is 12.1. The molecule has 0 aromatic rings. The quantitative estimate of drug-likeness (QED) is 0.356. The van der Waals surface area contributed by atoms with E-state index in [1.54, 1.807) is 0 Å². The van der Waals surface area contributed by atoms with E-state index in [0.717, 1.165) is 25.7 Å². The molecular weight excluding hydrogens is 308 g/mol. The fourth-order valence-corrected chi connectivity index (χ4v) is 3.92. The van der Waals surface area contributed by atoms with Gasteiger partial charge in [0.25, 0.3) is 0 Å². The maximum absolute atomic E-state index is 12.1. The zero-order chi connectivity index (χ0) is 18.1. The summed E-state index contributed by atoms with van der Waals surface area (Å²) in [5, 5.41) is 1.49. The number of hydrogen-bond donors (Lipinski definition) is 1. The van der Waals surface area contributed by atoms with Crippen LogP contribution in [0.4, 0.5) is 4.79 Å². The minimum absolute atomic E-state index is 0.0455. The van der Waals surface area contributed by atoms with Crippen LogP contribution in [0.1, 0.15) is 67.2 Å². The predicted molar refractivity (Wildman–Crippen MR) is 96.6 cm³/mol. The van der Waals surface area contributed by atoms with Crippen molar-refractivity contribution in [2.75, 3.05) is 0 Å². The predicted octanol–water partition coefficient (Wildman–Crippen LogP) is 4.43. The van der Waals surface area contributed by atoms with Gasteiger partial charge in [-0.05, 0) is 64.6 Å². The van der Waals surface area contributed by atoms with Gasteiger partial charge in [-0.2, -0.15) is 0 Å². The largest absolute Gasteiger partial charge is 0.443 e. The number of hydrogen-bond acceptors (Lipinski definition) is 4. The molecule has 0 spiro atoms. The zero-order valence-electron chi connectivity index (χ0n) is 16.2. The number of nitrogens with two attached hydrogens (primary N) is 1. The molecular formula is C17H36N2O3Si. The van der Waals surface area contributed by atoms with Crippen molar-refractivity contribution in [1.29, 1.82) is 0 Å². The van der Waals surface area contributed by atoms with Crippen LogP contribution in [-0.2, 0) is 9.16 Å². The second-order valence-electron chi connectivity index (χ2n) is 9.20. The molecule has 1 fully saturated rings. The molecule has 0 aromatic carbocycles. The zero-order valence-corrected chi connectivity index (χ0v) is 17.2. The van der Waals surface area contributed by atoms with E-state index in [2.05, 4.69) is 33.9 Å². The third-order valence-electron chi connectivity index (χ3n) is 4.91. The summed E-state index contributed by atoms with van der Waals surface area (Å²) in [5.41, 5.74) is -0.517. The van der Waals surface area contributed by atoms with Crippen LogP contribution < -0.4 is 5.84 Å². The number of hydrazine groups is 1. The first-order valence-electron chi connectivity index (χ1n) is 8.68. The van der Waals surface area contributed by atoms with E-state index in [4.69, 9.17) is 15.0 Å². The highest BCUT2D eigenvalue weighted by Gasteiger charge is 2.40. The Balaban J connectivity index is 2.51. The molecule has 0 bridgehead atoms. The molecule has 1 amide bonds. The molecule has 0 unspecified atom stereocenters. The highest BCUT2D eigenvalue weighted by Crippen LogP contribution is 2.39. The summed E-state index contributed by atoms with van der Waals surface area (Å²) in [5.74, 6) is 5.97. The molecule has 136 valence electrons. The molecule has 0 heterocycles. The van der Waals surface area contributed by atoms with Crippen LogP contribution >= 0.6 is 0 Å². The molecule has 6 heteroatoms. The van der Waals surface area contributed by atoms with Crippen LogP contribution in [0.5, 0.6) is 0 Å². The minimum Gasteiger partial charge on any atom is -0.443 e. The lowest BCUT2D eigenvalue weighted by atomic mass is 9.93. The van der Waals surface area contributed by atoms with E-state index in [1.165, 1.54) is 5.01 Å². The lowest BCUT2D eigenvalue weighted by Gasteiger charge is -2.42. The Hall–Kier alpha value is -0.593. The average Bonchev–Trinajstić information content (AvgIpc) is 2.35. The van der Waals surface area contributed by atoms with Gasteiger partial charge in [0.1, 0.15) is 5.60 Å². The van der Waals surface area contributed by atoms with Crippen LogP contribution in [0.2, 0.25) is 18.1 Å². The van der Waals surface area contributed by atoms with Gasteiger partial charge in [0, 0.05) is 6.10 Å². The van der Waals surface area contributed by atoms with E-state index in [1.807, 2.05) is 20.8 Å². The van der Waals surface area contributed by atoms with Gasteiger partial charge in [0.05, 0.1) is 6.04 Å². The van der Waals surface area contributed by atoms with Crippen molar-refractivity contribution >= 4 is 14.4 Å². The smallest absolute Gasteiger partial charge is 0.424 e. The SMILES string of the molecule is CC(C)(C)OC(=O)N(N)C1CCC(O[Si](C)(C)C(C)(C)C)CC1. The summed E-state index contributed by atoms with van der Waals surface area (Å²) in [6.45, 7) is 16.9. The lowest BCUT2D eigenvalue weighted by molar-refractivity contribution is 0.00566. The first-order valence-corrected chi connectivity index (χ1v) is 11.6. The van der Waals surface area contributed by atoms with Crippen LogP contribution in [0.25, 0.3) is 0 Å². The maximum atomic E-state index is 12.1. The van der Waals surface area contributed by atoms with Crippen molar-refractivity contribution in [2.24, 2.45) is 5.84 Å². The molecule has 1 aliphatic rings. The number of rotatable bonds is 3. The Kier molecular flexibility index (Phi) is 6.32. The standard InChI is InChI=1S/C17H36N2O3Si/c1-16(2,3)21-15(20)19(18)13-9-11-14(12-10-13)22-23(7,8)17(4,5)6/h13-14H,9-12,18H2,1-8H3. The monoisotopic (exact) mass is 344 g/mol. The van der Waals surface area contributed by atoms with Gasteiger partial charge < -0.3 is 9.16 Å². The van der Waals surface area contributed by atoms with E-state index in [0.29, 0.717) is 6.10 Å². The third kappa shape index (κ3) is 6.08. The topological polar surface area (TPSA) is 64.8 Å². The highest BCUT2D eigenvalue weighted by atomic mass is 28.4. The van der Waals surface area contributed by atoms with Crippen molar-refractivity contribution in [3.63, 3.8) is 0 Å². The Morgan fingerprint density at radius 2 is 1.52 bits per heavy atom. The van der Waals surface area contributed by atoms with Gasteiger partial charge in [0.2, 0.25) is 0 Å². The van der Waals surface area contributed by atoms with Crippen LogP contribution in [-0.4, -0.2) is 37.2 Å². The van der Waals surface area contributed by atoms with E-state index >= 15 is 0 Å². The number of nitrogens with zero attached hydrogens (tertiary/aromatic N) is 1. The van der Waals surface area contributed by atoms with Gasteiger partial charge in [-0.3, -0.25) is 0 Å². The summed E-state index contributed by atoms with van der Waals surface area (Å²) >= 11 is 0. The summed E-state index contributed by atoms with van der Waals surface area (Å²) in [6.07, 6.45) is 3.50. The van der Waals surface area contributed by atoms with Crippen LogP contribution in [0.15, 0.2) is 0 Å². The van der Waals surface area contributed by atoms with E-state index in [-0.39, 0.29) is 11.1 Å². The van der Waals surface area contributed by atoms with Crippen LogP contribution in [0, 0.1) is 0 Å². The Morgan fingerprint density at radius 1 is 1.04 bits per heavy atom. The fourth-order valence-electron chi connectivity index (χ4n) is 2.50. The molecule has 5 nitrogen and oxygen atoms in total. The number of carbonyl (C=O) groups excluding carboxylic acids is 1. The maximum Gasteiger partial charge on any atom is 0.424 e. The van der Waals surface area contributed by atoms with Crippen molar-refractivity contribution in [1.82, 2.24) is 5.01 Å². The molecule has 1 aliphatic carbocycles. The first-order chi connectivity index (χ1) is 10.2. The van der Waals surface area contributed by atoms with Crippen molar-refractivity contribution in [3.05, 3.63) is 0 Å². The van der Waals surface area contributed by atoms with E-state index in [9.17, 15) is 4.79 Å². The van der Waals surface area contributed by atoms with E-state index < -0.39 is 20.0 Å². The Morgan fingerprint density at radius 3 is 1.91 bits per heavy atom. The van der Waals surface area contributed by atoms with Gasteiger partial charge in [-0.15, -0.1) is 0 Å². The molecule has 23 heavy (non-hydrogen) atoms. The lowest BCUT2D eigenvalue weighted by Crippen LogP contribution is -2.51. The minimum atomic E-state index is -1.73. The van der Waals surface area contributed by atoms with Crippen molar-refractivity contribution in [2.45, 2.75) is 103 Å². The number of amides is 1. The first kappa shape index (κ1) is 20.5. The van der Waals surface area contributed by atoms with Crippen LogP contribution in [0.3, 0.4) is 0 Å². The highest BCUT2D eigenvalue weighted by molar-refractivity contribution is 6.74. The number of ether oxygens (including phenoxy) is 1. The second-order valence-corrected chi connectivity index (χ2v) is 14.0. The average molecular weight is 345 g/mol. The van der Waals surface area contributed by atoms with Crippen molar-refractivity contribution in [3.8, 4) is 0 Å². The van der Waals surface area contributed by atoms with Gasteiger partial charge in [-0.25, -0.2) is 15.6 Å². The molecule has 2 N–H and O–H groups in total. The normalized spacial score (nSPS) is 23.5. The van der Waals surface area contributed by atoms with Gasteiger partial charge >= 0.3 is 6.09 Å². The van der Waals surface area contributed by atoms with Gasteiger partial charge in [-0.1, -0.05) is 20.8 Å². The molecule has 0 aliphatic heterocycles. The molecule has 0 radical (unpaired) electrons. The molecule has 0 atom stereocenters. The summed E-state index contributed by atoms with van der Waals surface area (Å²) < 4.78 is 11.8. The second kappa shape index (κ2) is 7.11. The van der Waals surface area contributed by atoms with Crippen molar-refractivity contribution < 1.29 is 14.0 Å². The Labute approximate surface area is 143 Å². The molecule has 1 saturated carbocycles. The fraction of sp³-hybridized carbons (Fsp3) is 0.941. The third-order valence-corrected chi connectivity index (χ3v) is 9.44. The Bertz CT molecular complexity index is 405. The molecule has 0 saturated heterocycles. The summed E-state index contributed by atoms with van der Waals surface area (Å²) in [7, 11) is -1.73. The summed E-state index contributed by atoms with van der Waals surface area (Å²) in [6, 6.07) is 0.0455. The molecule has 0 aromatic heterocycles. The van der Waals surface area contributed by atoms with Gasteiger partial charge in [0.15, 0.2) is 8.32 Å².